The highest BCUT2D eigenvalue weighted by Gasteiger charge is 2.41. The topological polar surface area (TPSA) is 54.0 Å². The molecule has 0 spiro atoms. The fourth-order valence-electron chi connectivity index (χ4n) is 4.17. The Hall–Kier alpha value is -3.91. The van der Waals surface area contributed by atoms with Gasteiger partial charge in [0.1, 0.15) is 11.4 Å². The highest BCUT2D eigenvalue weighted by atomic mass is 35.5. The summed E-state index contributed by atoms with van der Waals surface area (Å²) in [5.41, 5.74) is -0.987. The van der Waals surface area contributed by atoms with E-state index < -0.39 is 29.1 Å². The van der Waals surface area contributed by atoms with E-state index in [1.807, 2.05) is 6.07 Å². The molecule has 0 aliphatic rings. The Kier molecular flexibility index (Phi) is 7.50. The fourth-order valence-corrected chi connectivity index (χ4v) is 4.28. The molecule has 0 saturated heterocycles. The molecule has 37 heavy (non-hydrogen) atoms. The summed E-state index contributed by atoms with van der Waals surface area (Å²) in [5.74, 6) is -0.555. The molecule has 190 valence electrons. The number of urea groups is 1. The number of carbonyl (C=O) groups excluding carboxylic acids is 1. The van der Waals surface area contributed by atoms with E-state index in [0.29, 0.717) is 5.02 Å². The lowest BCUT2D eigenvalue weighted by molar-refractivity contribution is -0.138. The van der Waals surface area contributed by atoms with Crippen molar-refractivity contribution in [1.82, 2.24) is 10.3 Å². The molecule has 9 heteroatoms. The zero-order valence-electron chi connectivity index (χ0n) is 19.6. The Labute approximate surface area is 216 Å². The van der Waals surface area contributed by atoms with E-state index in [-0.39, 0.29) is 28.9 Å². The predicted octanol–water partition coefficient (Wildman–Crippen LogP) is 7.51. The summed E-state index contributed by atoms with van der Waals surface area (Å²) in [6.45, 7) is 1.37. The van der Waals surface area contributed by atoms with E-state index in [1.165, 1.54) is 43.5 Å². The van der Waals surface area contributed by atoms with Crippen LogP contribution in [-0.2, 0) is 18.1 Å². The lowest BCUT2D eigenvalue weighted by Crippen LogP contribution is -2.50. The lowest BCUT2D eigenvalue weighted by atomic mass is 9.79. The molecule has 0 aliphatic carbocycles. The van der Waals surface area contributed by atoms with E-state index in [2.05, 4.69) is 15.6 Å². The van der Waals surface area contributed by atoms with Crippen LogP contribution in [0.25, 0.3) is 0 Å². The monoisotopic (exact) mass is 527 g/mol. The number of hydrogen-bond acceptors (Lipinski definition) is 2. The van der Waals surface area contributed by atoms with Crippen molar-refractivity contribution in [3.05, 3.63) is 130 Å². The Bertz CT molecular complexity index is 1390. The summed E-state index contributed by atoms with van der Waals surface area (Å²) >= 11 is 6.06. The molecule has 2 amide bonds. The molecule has 0 radical (unpaired) electrons. The van der Waals surface area contributed by atoms with E-state index >= 15 is 0 Å². The van der Waals surface area contributed by atoms with Gasteiger partial charge in [-0.3, -0.25) is 4.98 Å². The van der Waals surface area contributed by atoms with Crippen molar-refractivity contribution >= 4 is 23.3 Å². The first-order valence-electron chi connectivity index (χ1n) is 11.3. The van der Waals surface area contributed by atoms with Crippen LogP contribution in [0.15, 0.2) is 91.1 Å². The van der Waals surface area contributed by atoms with Gasteiger partial charge < -0.3 is 10.6 Å². The predicted molar refractivity (Wildman–Crippen MR) is 135 cm³/mol. The van der Waals surface area contributed by atoms with Crippen molar-refractivity contribution in [2.75, 3.05) is 5.32 Å². The highest BCUT2D eigenvalue weighted by Crippen LogP contribution is 2.38. The molecule has 0 aliphatic heterocycles. The minimum absolute atomic E-state index is 0.0399. The second kappa shape index (κ2) is 10.6. The van der Waals surface area contributed by atoms with Crippen molar-refractivity contribution in [2.45, 2.75) is 25.1 Å². The number of rotatable bonds is 6. The maximum Gasteiger partial charge on any atom is 0.416 e. The van der Waals surface area contributed by atoms with Crippen LogP contribution in [0.3, 0.4) is 0 Å². The molecule has 1 aromatic heterocycles. The van der Waals surface area contributed by atoms with Gasteiger partial charge in [-0.25, -0.2) is 9.18 Å². The summed E-state index contributed by atoms with van der Waals surface area (Å²) < 4.78 is 55.5. The van der Waals surface area contributed by atoms with Gasteiger partial charge in [-0.05, 0) is 60.0 Å². The normalized spacial score (nSPS) is 13.0. The van der Waals surface area contributed by atoms with E-state index in [0.717, 1.165) is 17.7 Å². The molecule has 4 nitrogen and oxygen atoms in total. The van der Waals surface area contributed by atoms with Crippen LogP contribution in [0, 0.1) is 12.7 Å². The molecule has 0 unspecified atom stereocenters. The van der Waals surface area contributed by atoms with E-state index in [9.17, 15) is 22.4 Å². The number of anilines is 1. The number of halogens is 5. The third kappa shape index (κ3) is 6.09. The molecule has 0 saturated carbocycles. The summed E-state index contributed by atoms with van der Waals surface area (Å²) in [6, 6.07) is 20.5. The van der Waals surface area contributed by atoms with Gasteiger partial charge in [0.05, 0.1) is 16.3 Å². The zero-order valence-corrected chi connectivity index (χ0v) is 20.4. The van der Waals surface area contributed by atoms with Crippen molar-refractivity contribution in [3.63, 3.8) is 0 Å². The van der Waals surface area contributed by atoms with Gasteiger partial charge in [0.25, 0.3) is 0 Å². The Morgan fingerprint density at radius 1 is 0.946 bits per heavy atom. The molecule has 0 bridgehead atoms. The molecule has 1 heterocycles. The van der Waals surface area contributed by atoms with Crippen LogP contribution in [0.1, 0.15) is 27.9 Å². The van der Waals surface area contributed by atoms with Crippen LogP contribution in [0.2, 0.25) is 5.02 Å². The fraction of sp³-hybridized carbons (Fsp3) is 0.143. The second-order valence-electron chi connectivity index (χ2n) is 8.55. The first-order valence-corrected chi connectivity index (χ1v) is 11.6. The number of amides is 2. The quantitative estimate of drug-likeness (QED) is 0.255. The van der Waals surface area contributed by atoms with Crippen LogP contribution < -0.4 is 10.6 Å². The SMILES string of the molecule is Cc1ccc([C@@](Cc2ccccc2)(NC(=O)Nc2cccc(F)c2)c2ccc(Cl)cn2)cc1C(F)(F)F. The van der Waals surface area contributed by atoms with Crippen molar-refractivity contribution in [1.29, 1.82) is 0 Å². The summed E-state index contributed by atoms with van der Waals surface area (Å²) in [6.07, 6.45) is -3.18. The molecular formula is C28H22ClF4N3O. The molecular weight excluding hydrogens is 506 g/mol. The molecule has 0 fully saturated rings. The van der Waals surface area contributed by atoms with Crippen molar-refractivity contribution in [3.8, 4) is 0 Å². The van der Waals surface area contributed by atoms with Gasteiger partial charge in [0, 0.05) is 18.3 Å². The number of alkyl halides is 3. The molecule has 4 aromatic rings. The number of pyridine rings is 1. The summed E-state index contributed by atoms with van der Waals surface area (Å²) in [7, 11) is 0. The third-order valence-corrected chi connectivity index (χ3v) is 6.15. The Balaban J connectivity index is 1.90. The number of aromatic nitrogens is 1. The van der Waals surface area contributed by atoms with Gasteiger partial charge in [0.2, 0.25) is 0 Å². The van der Waals surface area contributed by atoms with E-state index in [1.54, 1.807) is 36.4 Å². The minimum atomic E-state index is -4.62. The van der Waals surface area contributed by atoms with Gasteiger partial charge >= 0.3 is 12.2 Å². The first kappa shape index (κ1) is 26.2. The maximum atomic E-state index is 13.9. The van der Waals surface area contributed by atoms with E-state index in [4.69, 9.17) is 11.6 Å². The minimum Gasteiger partial charge on any atom is -0.322 e. The average Bonchev–Trinajstić information content (AvgIpc) is 2.84. The highest BCUT2D eigenvalue weighted by molar-refractivity contribution is 6.30. The van der Waals surface area contributed by atoms with Gasteiger partial charge in [-0.2, -0.15) is 13.2 Å². The molecule has 2 N–H and O–H groups in total. The number of benzene rings is 3. The number of aryl methyl sites for hydroxylation is 1. The van der Waals surface area contributed by atoms with Crippen LogP contribution in [-0.4, -0.2) is 11.0 Å². The number of carbonyl (C=O) groups is 1. The Morgan fingerprint density at radius 3 is 2.35 bits per heavy atom. The third-order valence-electron chi connectivity index (χ3n) is 5.92. The second-order valence-corrected chi connectivity index (χ2v) is 8.98. The average molecular weight is 528 g/mol. The first-order chi connectivity index (χ1) is 17.6. The van der Waals surface area contributed by atoms with Crippen LogP contribution in [0.5, 0.6) is 0 Å². The summed E-state index contributed by atoms with van der Waals surface area (Å²) in [4.78, 5) is 17.7. The number of hydrogen-bond donors (Lipinski definition) is 2. The van der Waals surface area contributed by atoms with Crippen LogP contribution in [0.4, 0.5) is 28.0 Å². The van der Waals surface area contributed by atoms with Crippen molar-refractivity contribution in [2.24, 2.45) is 0 Å². The largest absolute Gasteiger partial charge is 0.416 e. The van der Waals surface area contributed by atoms with Crippen LogP contribution >= 0.6 is 11.6 Å². The van der Waals surface area contributed by atoms with Gasteiger partial charge in [-0.1, -0.05) is 60.1 Å². The zero-order chi connectivity index (χ0) is 26.6. The smallest absolute Gasteiger partial charge is 0.322 e. The maximum absolute atomic E-state index is 13.9. The molecule has 4 rings (SSSR count). The van der Waals surface area contributed by atoms with Gasteiger partial charge in [-0.15, -0.1) is 0 Å². The number of nitrogens with one attached hydrogen (secondary N) is 2. The lowest BCUT2D eigenvalue weighted by Gasteiger charge is -2.36. The summed E-state index contributed by atoms with van der Waals surface area (Å²) in [5, 5.41) is 5.74. The molecule has 3 aromatic carbocycles. The van der Waals surface area contributed by atoms with Crippen molar-refractivity contribution < 1.29 is 22.4 Å². The standard InChI is InChI=1S/C28H22ClF4N3O/c1-18-10-11-20(14-24(18)28(31,32)33)27(16-19-6-3-2-4-7-19,25-13-12-21(29)17-34-25)36-26(37)35-23-9-5-8-22(30)15-23/h2-15,17H,16H2,1H3,(H2,35,36,37)/t27-/m1/s1. The molecule has 1 atom stereocenters. The number of nitrogens with zero attached hydrogens (tertiary/aromatic N) is 1. The Morgan fingerprint density at radius 2 is 1.70 bits per heavy atom. The van der Waals surface area contributed by atoms with Gasteiger partial charge in [0.15, 0.2) is 0 Å².